The summed E-state index contributed by atoms with van der Waals surface area (Å²) in [5.74, 6) is -0.192. The summed E-state index contributed by atoms with van der Waals surface area (Å²) >= 11 is 0. The number of nitrogens with zero attached hydrogens (tertiary/aromatic N) is 3. The number of hydrogen-bond acceptors (Lipinski definition) is 6. The quantitative estimate of drug-likeness (QED) is 0.521. The molecule has 4 rings (SSSR count). The molecule has 2 aromatic rings. The molecule has 1 aliphatic heterocycles. The maximum Gasteiger partial charge on any atom is 0.573 e. The molecule has 10 heteroatoms. The van der Waals surface area contributed by atoms with Crippen LogP contribution in [0.15, 0.2) is 30.5 Å². The number of halogens is 4. The highest BCUT2D eigenvalue weighted by atomic mass is 19.4. The van der Waals surface area contributed by atoms with Gasteiger partial charge in [0.05, 0.1) is 6.20 Å². The highest BCUT2D eigenvalue weighted by Crippen LogP contribution is 2.30. The number of aromatic nitrogens is 2. The van der Waals surface area contributed by atoms with Crippen LogP contribution in [0.5, 0.6) is 5.75 Å². The van der Waals surface area contributed by atoms with E-state index in [4.69, 9.17) is 0 Å². The van der Waals surface area contributed by atoms with Crippen molar-refractivity contribution in [2.75, 3.05) is 30.3 Å². The summed E-state index contributed by atoms with van der Waals surface area (Å²) in [6.45, 7) is 3.05. The van der Waals surface area contributed by atoms with Crippen LogP contribution in [0.25, 0.3) is 0 Å². The molecule has 0 bridgehead atoms. The van der Waals surface area contributed by atoms with Gasteiger partial charge in [0, 0.05) is 24.7 Å². The Kier molecular flexibility index (Phi) is 7.52. The molecule has 33 heavy (non-hydrogen) atoms. The van der Waals surface area contributed by atoms with Crippen LogP contribution in [0.3, 0.4) is 0 Å². The zero-order valence-electron chi connectivity index (χ0n) is 18.4. The van der Waals surface area contributed by atoms with Gasteiger partial charge < -0.3 is 20.3 Å². The number of nitrogens with one attached hydrogen (secondary N) is 2. The number of benzene rings is 1. The monoisotopic (exact) mass is 467 g/mol. The molecule has 0 radical (unpaired) electrons. The molecule has 6 nitrogen and oxygen atoms in total. The summed E-state index contributed by atoms with van der Waals surface area (Å²) in [6.07, 6.45) is 3.41. The number of rotatable bonds is 8. The summed E-state index contributed by atoms with van der Waals surface area (Å²) in [5.41, 5.74) is 0.284. The maximum absolute atomic E-state index is 14.2. The van der Waals surface area contributed by atoms with E-state index in [2.05, 4.69) is 30.2 Å². The molecule has 1 aliphatic carbocycles. The van der Waals surface area contributed by atoms with E-state index in [0.717, 1.165) is 19.0 Å². The van der Waals surface area contributed by atoms with Gasteiger partial charge in [0.2, 0.25) is 5.95 Å². The molecule has 1 aromatic heterocycles. The van der Waals surface area contributed by atoms with Crippen LogP contribution in [-0.4, -0.2) is 46.9 Å². The number of alkyl halides is 3. The minimum absolute atomic E-state index is 0.00214. The van der Waals surface area contributed by atoms with E-state index < -0.39 is 12.2 Å². The van der Waals surface area contributed by atoms with Gasteiger partial charge in [0.25, 0.3) is 0 Å². The van der Waals surface area contributed by atoms with Crippen LogP contribution in [0, 0.1) is 11.7 Å². The molecule has 0 atom stereocenters. The number of para-hydroxylation sites is 1. The lowest BCUT2D eigenvalue weighted by atomic mass is 9.85. The first kappa shape index (κ1) is 23.5. The Morgan fingerprint density at radius 3 is 2.48 bits per heavy atom. The fraction of sp³-hybridized carbons (Fsp3) is 0.565. The first-order chi connectivity index (χ1) is 15.9. The zero-order valence-corrected chi connectivity index (χ0v) is 18.4. The van der Waals surface area contributed by atoms with Crippen LogP contribution in [0.1, 0.15) is 44.1 Å². The molecule has 2 aliphatic rings. The zero-order chi connectivity index (χ0) is 23.3. The lowest BCUT2D eigenvalue weighted by molar-refractivity contribution is -0.274. The third-order valence-electron chi connectivity index (χ3n) is 6.41. The summed E-state index contributed by atoms with van der Waals surface area (Å²) in [6, 6.07) is 6.49. The van der Waals surface area contributed by atoms with Gasteiger partial charge in [-0.2, -0.15) is 4.98 Å². The van der Waals surface area contributed by atoms with Gasteiger partial charge in [0.15, 0.2) is 11.6 Å². The van der Waals surface area contributed by atoms with Crippen LogP contribution in [0.4, 0.5) is 29.3 Å². The molecule has 180 valence electrons. The Labute approximate surface area is 190 Å². The van der Waals surface area contributed by atoms with Crippen LogP contribution >= 0.6 is 0 Å². The predicted molar refractivity (Wildman–Crippen MR) is 117 cm³/mol. The standard InChI is InChI=1S/C23H29F4N5O/c24-19-15-30-22(29-14-17-5-1-2-6-20(17)33-23(25,26)27)31-21(19)28-13-16-7-9-18(10-8-16)32-11-3-4-12-32/h1-2,5-6,15-16,18H,3-4,7-14H2,(H2,28,29,30,31). The van der Waals surface area contributed by atoms with Gasteiger partial charge in [-0.1, -0.05) is 18.2 Å². The molecule has 0 unspecified atom stereocenters. The van der Waals surface area contributed by atoms with E-state index in [-0.39, 0.29) is 29.6 Å². The van der Waals surface area contributed by atoms with E-state index in [9.17, 15) is 17.6 Å². The van der Waals surface area contributed by atoms with Crippen molar-refractivity contribution >= 4 is 11.8 Å². The van der Waals surface area contributed by atoms with E-state index in [1.165, 1.54) is 57.0 Å². The van der Waals surface area contributed by atoms with Crippen molar-refractivity contribution in [1.29, 1.82) is 0 Å². The van der Waals surface area contributed by atoms with Crippen molar-refractivity contribution in [3.05, 3.63) is 41.8 Å². The van der Waals surface area contributed by atoms with Crippen molar-refractivity contribution in [2.24, 2.45) is 5.92 Å². The fourth-order valence-corrected chi connectivity index (χ4v) is 4.69. The fourth-order valence-electron chi connectivity index (χ4n) is 4.69. The summed E-state index contributed by atoms with van der Waals surface area (Å²) < 4.78 is 56.1. The molecule has 0 amide bonds. The third kappa shape index (κ3) is 6.69. The van der Waals surface area contributed by atoms with Gasteiger partial charge >= 0.3 is 6.36 Å². The molecule has 1 saturated heterocycles. The number of anilines is 2. The minimum atomic E-state index is -4.78. The van der Waals surface area contributed by atoms with Gasteiger partial charge in [-0.3, -0.25) is 0 Å². The Morgan fingerprint density at radius 2 is 1.76 bits per heavy atom. The highest BCUT2D eigenvalue weighted by Gasteiger charge is 2.32. The van der Waals surface area contributed by atoms with Gasteiger partial charge in [-0.15, -0.1) is 13.2 Å². The first-order valence-corrected chi connectivity index (χ1v) is 11.5. The normalized spacial score (nSPS) is 21.7. The van der Waals surface area contributed by atoms with Crippen molar-refractivity contribution in [3.63, 3.8) is 0 Å². The predicted octanol–water partition coefficient (Wildman–Crippen LogP) is 5.19. The van der Waals surface area contributed by atoms with Crippen LogP contribution in [0.2, 0.25) is 0 Å². The van der Waals surface area contributed by atoms with Crippen LogP contribution in [-0.2, 0) is 6.54 Å². The lowest BCUT2D eigenvalue weighted by Crippen LogP contribution is -2.37. The molecule has 2 heterocycles. The number of likely N-dealkylation sites (tertiary alicyclic amines) is 1. The van der Waals surface area contributed by atoms with Crippen molar-refractivity contribution in [3.8, 4) is 5.75 Å². The van der Waals surface area contributed by atoms with Gasteiger partial charge in [-0.05, 0) is 63.6 Å². The van der Waals surface area contributed by atoms with Crippen molar-refractivity contribution in [2.45, 2.75) is 57.5 Å². The summed E-state index contributed by atoms with van der Waals surface area (Å²) in [5, 5.41) is 5.94. The SMILES string of the molecule is Fc1cnc(NCc2ccccc2OC(F)(F)F)nc1NCC1CCC(N2CCCC2)CC1. The number of ether oxygens (including phenoxy) is 1. The highest BCUT2D eigenvalue weighted by molar-refractivity contribution is 5.42. The Hall–Kier alpha value is -2.62. The largest absolute Gasteiger partial charge is 0.573 e. The molecular weight excluding hydrogens is 438 g/mol. The second-order valence-corrected chi connectivity index (χ2v) is 8.70. The van der Waals surface area contributed by atoms with E-state index in [1.807, 2.05) is 0 Å². The molecule has 2 fully saturated rings. The third-order valence-corrected chi connectivity index (χ3v) is 6.41. The van der Waals surface area contributed by atoms with E-state index in [0.29, 0.717) is 18.5 Å². The Morgan fingerprint density at radius 1 is 1.03 bits per heavy atom. The van der Waals surface area contributed by atoms with E-state index >= 15 is 0 Å². The number of hydrogen-bond donors (Lipinski definition) is 2. The molecule has 2 N–H and O–H groups in total. The maximum atomic E-state index is 14.2. The van der Waals surface area contributed by atoms with E-state index in [1.54, 1.807) is 6.07 Å². The molecule has 0 spiro atoms. The first-order valence-electron chi connectivity index (χ1n) is 11.5. The Bertz CT molecular complexity index is 912. The van der Waals surface area contributed by atoms with Crippen LogP contribution < -0.4 is 15.4 Å². The Balaban J connectivity index is 1.30. The smallest absolute Gasteiger partial charge is 0.405 e. The minimum Gasteiger partial charge on any atom is -0.405 e. The van der Waals surface area contributed by atoms with Crippen molar-refractivity contribution < 1.29 is 22.3 Å². The second kappa shape index (κ2) is 10.5. The second-order valence-electron chi connectivity index (χ2n) is 8.70. The summed E-state index contributed by atoms with van der Waals surface area (Å²) in [4.78, 5) is 10.7. The molecule has 1 aromatic carbocycles. The van der Waals surface area contributed by atoms with Gasteiger partial charge in [0.1, 0.15) is 5.75 Å². The lowest BCUT2D eigenvalue weighted by Gasteiger charge is -2.34. The average Bonchev–Trinajstić information content (AvgIpc) is 3.33. The molecule has 1 saturated carbocycles. The van der Waals surface area contributed by atoms with Gasteiger partial charge in [-0.25, -0.2) is 9.37 Å². The average molecular weight is 468 g/mol. The topological polar surface area (TPSA) is 62.3 Å². The molecular formula is C23H29F4N5O. The van der Waals surface area contributed by atoms with Crippen molar-refractivity contribution in [1.82, 2.24) is 14.9 Å². The summed E-state index contributed by atoms with van der Waals surface area (Å²) in [7, 11) is 0.